The summed E-state index contributed by atoms with van der Waals surface area (Å²) in [6, 6.07) is 0. The number of hydrogen-bond donors (Lipinski definition) is 0. The Balaban J connectivity index is 1.83. The molecule has 0 amide bonds. The molecule has 1 aliphatic carbocycles. The summed E-state index contributed by atoms with van der Waals surface area (Å²) in [5.41, 5.74) is -0.359. The van der Waals surface area contributed by atoms with Gasteiger partial charge in [0.15, 0.2) is 6.29 Å². The molecular formula is C14H20O3. The Kier molecular flexibility index (Phi) is 2.64. The molecule has 17 heavy (non-hydrogen) atoms. The van der Waals surface area contributed by atoms with Crippen LogP contribution in [0.1, 0.15) is 33.1 Å². The highest BCUT2D eigenvalue weighted by Crippen LogP contribution is 2.47. The Hall–Kier alpha value is -0.670. The predicted molar refractivity (Wildman–Crippen MR) is 63.4 cm³/mol. The van der Waals surface area contributed by atoms with Gasteiger partial charge in [-0.15, -0.1) is 0 Å². The van der Waals surface area contributed by atoms with Crippen LogP contribution in [-0.4, -0.2) is 24.8 Å². The number of carbonyl (C=O) groups is 1. The highest BCUT2D eigenvalue weighted by Gasteiger charge is 2.52. The van der Waals surface area contributed by atoms with E-state index in [0.717, 1.165) is 19.4 Å². The van der Waals surface area contributed by atoms with Gasteiger partial charge in [0.1, 0.15) is 5.78 Å². The lowest BCUT2D eigenvalue weighted by Crippen LogP contribution is -2.46. The van der Waals surface area contributed by atoms with Crippen LogP contribution in [0.5, 0.6) is 0 Å². The summed E-state index contributed by atoms with van der Waals surface area (Å²) in [5, 5.41) is 0. The van der Waals surface area contributed by atoms with E-state index in [0.29, 0.717) is 18.1 Å². The van der Waals surface area contributed by atoms with E-state index in [1.165, 1.54) is 0 Å². The standard InChI is InChI=1S/C14H20O3/c1-9-4-3-5-11(15)14(9,2)12-8-10-6-7-16-13(10)17-12/h3-4,9-10,12-13H,5-8H2,1-2H3/t9-,10-,12+,13+,14+/m1/s1. The molecule has 0 unspecified atom stereocenters. The van der Waals surface area contributed by atoms with Crippen molar-refractivity contribution >= 4 is 5.78 Å². The van der Waals surface area contributed by atoms with Gasteiger partial charge < -0.3 is 9.47 Å². The molecule has 5 atom stereocenters. The Morgan fingerprint density at radius 1 is 1.47 bits per heavy atom. The first-order valence-electron chi connectivity index (χ1n) is 6.59. The minimum absolute atomic E-state index is 0.0326. The third-order valence-corrected chi connectivity index (χ3v) is 4.91. The maximum Gasteiger partial charge on any atom is 0.160 e. The predicted octanol–water partition coefficient (Wildman–Crippen LogP) is 2.31. The molecule has 0 aromatic heterocycles. The molecule has 94 valence electrons. The summed E-state index contributed by atoms with van der Waals surface area (Å²) in [7, 11) is 0. The molecule has 2 saturated heterocycles. The molecule has 3 heteroatoms. The molecule has 3 aliphatic rings. The fourth-order valence-electron chi connectivity index (χ4n) is 3.39. The molecule has 3 rings (SSSR count). The molecule has 3 nitrogen and oxygen atoms in total. The number of allylic oxidation sites excluding steroid dienone is 2. The second-order valence-electron chi connectivity index (χ2n) is 5.78. The Labute approximate surface area is 102 Å². The van der Waals surface area contributed by atoms with Crippen molar-refractivity contribution in [2.45, 2.75) is 45.5 Å². The summed E-state index contributed by atoms with van der Waals surface area (Å²) >= 11 is 0. The van der Waals surface area contributed by atoms with Gasteiger partial charge in [0.2, 0.25) is 0 Å². The first kappa shape index (κ1) is 11.4. The van der Waals surface area contributed by atoms with Gasteiger partial charge >= 0.3 is 0 Å². The van der Waals surface area contributed by atoms with Crippen LogP contribution < -0.4 is 0 Å². The SMILES string of the molecule is C[C@@H]1C=CCC(=O)[C@@]1(C)[C@@H]1C[C@H]2CCO[C@H]2O1. The van der Waals surface area contributed by atoms with Gasteiger partial charge in [-0.2, -0.15) is 0 Å². The summed E-state index contributed by atoms with van der Waals surface area (Å²) in [4.78, 5) is 12.3. The van der Waals surface area contributed by atoms with Crippen molar-refractivity contribution in [1.29, 1.82) is 0 Å². The largest absolute Gasteiger partial charge is 0.352 e. The highest BCUT2D eigenvalue weighted by atomic mass is 16.7. The summed E-state index contributed by atoms with van der Waals surface area (Å²) in [6.07, 6.45) is 6.73. The minimum atomic E-state index is -0.359. The number of ether oxygens (including phenoxy) is 2. The van der Waals surface area contributed by atoms with Crippen LogP contribution in [0, 0.1) is 17.3 Å². The average molecular weight is 236 g/mol. The van der Waals surface area contributed by atoms with Gasteiger partial charge in [0.25, 0.3) is 0 Å². The van der Waals surface area contributed by atoms with E-state index in [9.17, 15) is 4.79 Å². The van der Waals surface area contributed by atoms with Crippen LogP contribution in [0.4, 0.5) is 0 Å². The molecule has 0 spiro atoms. The van der Waals surface area contributed by atoms with Crippen molar-refractivity contribution in [3.05, 3.63) is 12.2 Å². The molecule has 0 aromatic rings. The van der Waals surface area contributed by atoms with Gasteiger partial charge in [-0.25, -0.2) is 0 Å². The van der Waals surface area contributed by atoms with Crippen LogP contribution in [0.25, 0.3) is 0 Å². The summed E-state index contributed by atoms with van der Waals surface area (Å²) in [5.74, 6) is 1.08. The van der Waals surface area contributed by atoms with Crippen molar-refractivity contribution in [3.63, 3.8) is 0 Å². The Morgan fingerprint density at radius 3 is 3.00 bits per heavy atom. The van der Waals surface area contributed by atoms with Gasteiger partial charge in [-0.05, 0) is 25.7 Å². The smallest absolute Gasteiger partial charge is 0.160 e. The number of rotatable bonds is 1. The third kappa shape index (κ3) is 1.59. The number of fused-ring (bicyclic) bond motifs is 1. The molecule has 0 radical (unpaired) electrons. The lowest BCUT2D eigenvalue weighted by molar-refractivity contribution is -0.162. The maximum atomic E-state index is 12.3. The summed E-state index contributed by atoms with van der Waals surface area (Å²) < 4.78 is 11.6. The topological polar surface area (TPSA) is 35.5 Å². The van der Waals surface area contributed by atoms with E-state index in [1.54, 1.807) is 0 Å². The van der Waals surface area contributed by atoms with Crippen LogP contribution >= 0.6 is 0 Å². The lowest BCUT2D eigenvalue weighted by atomic mass is 9.66. The number of carbonyl (C=O) groups excluding carboxylic acids is 1. The van der Waals surface area contributed by atoms with Gasteiger partial charge in [0, 0.05) is 12.3 Å². The first-order valence-corrected chi connectivity index (χ1v) is 6.59. The van der Waals surface area contributed by atoms with Crippen molar-refractivity contribution in [2.75, 3.05) is 6.61 Å². The van der Waals surface area contributed by atoms with E-state index >= 15 is 0 Å². The minimum Gasteiger partial charge on any atom is -0.352 e. The van der Waals surface area contributed by atoms with E-state index in [4.69, 9.17) is 9.47 Å². The zero-order valence-electron chi connectivity index (χ0n) is 10.5. The molecule has 0 aromatic carbocycles. The van der Waals surface area contributed by atoms with Crippen LogP contribution in [0.15, 0.2) is 12.2 Å². The van der Waals surface area contributed by atoms with Crippen molar-refractivity contribution in [3.8, 4) is 0 Å². The first-order chi connectivity index (χ1) is 8.12. The molecule has 2 aliphatic heterocycles. The fraction of sp³-hybridized carbons (Fsp3) is 0.786. The maximum absolute atomic E-state index is 12.3. The van der Waals surface area contributed by atoms with E-state index in [2.05, 4.69) is 19.9 Å². The number of hydrogen-bond acceptors (Lipinski definition) is 3. The quantitative estimate of drug-likeness (QED) is 0.655. The number of Topliss-reactive ketones (excluding diaryl/α,β-unsaturated/α-hetero) is 1. The Morgan fingerprint density at radius 2 is 2.29 bits per heavy atom. The molecular weight excluding hydrogens is 216 g/mol. The molecule has 0 N–H and O–H groups in total. The third-order valence-electron chi connectivity index (χ3n) is 4.91. The van der Waals surface area contributed by atoms with Gasteiger partial charge in [-0.3, -0.25) is 4.79 Å². The lowest BCUT2D eigenvalue weighted by Gasteiger charge is -2.39. The van der Waals surface area contributed by atoms with E-state index in [1.807, 2.05) is 6.08 Å². The second-order valence-corrected chi connectivity index (χ2v) is 5.78. The van der Waals surface area contributed by atoms with Crippen molar-refractivity contribution in [1.82, 2.24) is 0 Å². The fourth-order valence-corrected chi connectivity index (χ4v) is 3.39. The van der Waals surface area contributed by atoms with E-state index < -0.39 is 0 Å². The normalized spacial score (nSPS) is 49.6. The van der Waals surface area contributed by atoms with Gasteiger partial charge in [0.05, 0.1) is 18.1 Å². The molecule has 2 heterocycles. The molecule has 2 fully saturated rings. The van der Waals surface area contributed by atoms with Crippen LogP contribution in [-0.2, 0) is 14.3 Å². The highest BCUT2D eigenvalue weighted by molar-refractivity contribution is 5.88. The zero-order valence-corrected chi connectivity index (χ0v) is 10.5. The van der Waals surface area contributed by atoms with Crippen LogP contribution in [0.2, 0.25) is 0 Å². The Bertz CT molecular complexity index is 350. The number of ketones is 1. The average Bonchev–Trinajstić information content (AvgIpc) is 2.85. The van der Waals surface area contributed by atoms with Crippen molar-refractivity contribution in [2.24, 2.45) is 17.3 Å². The summed E-state index contributed by atoms with van der Waals surface area (Å²) in [6.45, 7) is 4.99. The zero-order chi connectivity index (χ0) is 12.0. The second kappa shape index (κ2) is 3.92. The monoisotopic (exact) mass is 236 g/mol. The van der Waals surface area contributed by atoms with Gasteiger partial charge in [-0.1, -0.05) is 19.1 Å². The van der Waals surface area contributed by atoms with Crippen LogP contribution in [0.3, 0.4) is 0 Å². The van der Waals surface area contributed by atoms with Crippen molar-refractivity contribution < 1.29 is 14.3 Å². The molecule has 0 saturated carbocycles. The molecule has 0 bridgehead atoms. The van der Waals surface area contributed by atoms with E-state index in [-0.39, 0.29) is 23.7 Å².